The van der Waals surface area contributed by atoms with Crippen molar-refractivity contribution in [2.45, 2.75) is 6.29 Å². The molecular weight excluding hydrogens is 108 g/mol. The van der Waals surface area contributed by atoms with Gasteiger partial charge in [-0.05, 0) is 6.08 Å². The topological polar surface area (TPSA) is 35.5 Å². The number of ether oxygens (including phenoxy) is 2. The fourth-order valence-corrected chi connectivity index (χ4v) is 0.512. The maximum atomic E-state index is 9.62. The molecule has 8 heavy (non-hydrogen) atoms. The van der Waals surface area contributed by atoms with E-state index >= 15 is 0 Å². The molecule has 1 heterocycles. The summed E-state index contributed by atoms with van der Waals surface area (Å²) in [5.74, 6) is 0. The standard InChI is InChI=1S/C5H6O3/c6-4-8-5-2-1-3-7-5/h1-2,4-5H,3H2. The van der Waals surface area contributed by atoms with Gasteiger partial charge in [-0.3, -0.25) is 4.79 Å². The lowest BCUT2D eigenvalue weighted by atomic mass is 10.6. The van der Waals surface area contributed by atoms with Crippen molar-refractivity contribution in [2.24, 2.45) is 0 Å². The van der Waals surface area contributed by atoms with Gasteiger partial charge in [-0.1, -0.05) is 6.08 Å². The number of rotatable bonds is 2. The molecular formula is C5H6O3. The predicted octanol–water partition coefficient (Wildman–Crippen LogP) is 0.0719. The van der Waals surface area contributed by atoms with E-state index < -0.39 is 6.29 Å². The molecule has 0 aromatic rings. The summed E-state index contributed by atoms with van der Waals surface area (Å²) in [4.78, 5) is 9.62. The van der Waals surface area contributed by atoms with Crippen LogP contribution in [-0.4, -0.2) is 19.4 Å². The van der Waals surface area contributed by atoms with Crippen LogP contribution in [0.15, 0.2) is 12.2 Å². The first-order valence-electron chi connectivity index (χ1n) is 2.31. The summed E-state index contributed by atoms with van der Waals surface area (Å²) in [6.07, 6.45) is 3.05. The molecule has 44 valence electrons. The molecule has 3 heteroatoms. The van der Waals surface area contributed by atoms with Crippen molar-refractivity contribution >= 4 is 6.47 Å². The van der Waals surface area contributed by atoms with Crippen LogP contribution in [0.25, 0.3) is 0 Å². The molecule has 0 saturated heterocycles. The van der Waals surface area contributed by atoms with Gasteiger partial charge in [0.25, 0.3) is 6.47 Å². The zero-order valence-corrected chi connectivity index (χ0v) is 4.24. The van der Waals surface area contributed by atoms with E-state index in [4.69, 9.17) is 4.74 Å². The van der Waals surface area contributed by atoms with Crippen molar-refractivity contribution in [3.63, 3.8) is 0 Å². The first-order chi connectivity index (χ1) is 3.93. The number of hydrogen-bond acceptors (Lipinski definition) is 3. The van der Waals surface area contributed by atoms with Crippen LogP contribution < -0.4 is 0 Å². The van der Waals surface area contributed by atoms with E-state index in [1.807, 2.05) is 0 Å². The Morgan fingerprint density at radius 1 is 1.88 bits per heavy atom. The third kappa shape index (κ3) is 1.07. The SMILES string of the molecule is O=COC1C=CCO1. The lowest BCUT2D eigenvalue weighted by Gasteiger charge is -2.02. The molecule has 0 aromatic carbocycles. The Kier molecular flexibility index (Phi) is 1.64. The Hall–Kier alpha value is -0.830. The van der Waals surface area contributed by atoms with Gasteiger partial charge in [-0.25, -0.2) is 0 Å². The average Bonchev–Trinajstić information content (AvgIpc) is 2.19. The van der Waals surface area contributed by atoms with Crippen LogP contribution >= 0.6 is 0 Å². The van der Waals surface area contributed by atoms with Gasteiger partial charge in [-0.2, -0.15) is 0 Å². The van der Waals surface area contributed by atoms with E-state index in [1.165, 1.54) is 0 Å². The van der Waals surface area contributed by atoms with Gasteiger partial charge < -0.3 is 9.47 Å². The number of hydrogen-bond donors (Lipinski definition) is 0. The van der Waals surface area contributed by atoms with Gasteiger partial charge in [0.1, 0.15) is 0 Å². The fourth-order valence-electron chi connectivity index (χ4n) is 0.512. The molecule has 0 spiro atoms. The van der Waals surface area contributed by atoms with Gasteiger partial charge in [0, 0.05) is 0 Å². The Bertz CT molecular complexity index is 108. The van der Waals surface area contributed by atoms with Crippen LogP contribution in [0, 0.1) is 0 Å². The highest BCUT2D eigenvalue weighted by atomic mass is 16.7. The van der Waals surface area contributed by atoms with E-state index in [0.717, 1.165) is 0 Å². The van der Waals surface area contributed by atoms with Crippen molar-refractivity contribution in [1.82, 2.24) is 0 Å². The molecule has 1 rings (SSSR count). The minimum absolute atomic E-state index is 0.375. The molecule has 1 unspecified atom stereocenters. The highest BCUT2D eigenvalue weighted by molar-refractivity contribution is 5.37. The maximum Gasteiger partial charge on any atom is 0.295 e. The van der Waals surface area contributed by atoms with Crippen LogP contribution in [0.5, 0.6) is 0 Å². The van der Waals surface area contributed by atoms with Gasteiger partial charge in [-0.15, -0.1) is 0 Å². The van der Waals surface area contributed by atoms with Crippen LogP contribution in [0.3, 0.4) is 0 Å². The molecule has 0 fully saturated rings. The molecule has 0 N–H and O–H groups in total. The first-order valence-corrected chi connectivity index (χ1v) is 2.31. The Balaban J connectivity index is 2.25. The van der Waals surface area contributed by atoms with E-state index in [9.17, 15) is 4.79 Å². The minimum atomic E-state index is -0.438. The summed E-state index contributed by atoms with van der Waals surface area (Å²) in [6.45, 7) is 0.916. The second-order valence-electron chi connectivity index (χ2n) is 1.36. The van der Waals surface area contributed by atoms with Gasteiger partial charge in [0.05, 0.1) is 6.61 Å². The molecule has 1 aliphatic rings. The Morgan fingerprint density at radius 3 is 3.25 bits per heavy atom. The highest BCUT2D eigenvalue weighted by Crippen LogP contribution is 2.01. The molecule has 0 radical (unpaired) electrons. The molecule has 1 atom stereocenters. The lowest BCUT2D eigenvalue weighted by molar-refractivity contribution is -0.148. The third-order valence-corrected chi connectivity index (χ3v) is 0.840. The largest absolute Gasteiger partial charge is 0.434 e. The lowest BCUT2D eigenvalue weighted by Crippen LogP contribution is -2.07. The van der Waals surface area contributed by atoms with Gasteiger partial charge in [0.2, 0.25) is 6.29 Å². The van der Waals surface area contributed by atoms with Crippen molar-refractivity contribution in [3.05, 3.63) is 12.2 Å². The van der Waals surface area contributed by atoms with Crippen LogP contribution in [0.4, 0.5) is 0 Å². The van der Waals surface area contributed by atoms with E-state index in [-0.39, 0.29) is 0 Å². The number of carbonyl (C=O) groups is 1. The molecule has 1 aliphatic heterocycles. The van der Waals surface area contributed by atoms with Crippen LogP contribution in [-0.2, 0) is 14.3 Å². The first kappa shape index (κ1) is 5.31. The minimum Gasteiger partial charge on any atom is -0.434 e. The fraction of sp³-hybridized carbons (Fsp3) is 0.400. The summed E-state index contributed by atoms with van der Waals surface area (Å²) in [6, 6.07) is 0. The average molecular weight is 114 g/mol. The third-order valence-electron chi connectivity index (χ3n) is 0.840. The summed E-state index contributed by atoms with van der Waals surface area (Å²) >= 11 is 0. The smallest absolute Gasteiger partial charge is 0.295 e. The van der Waals surface area contributed by atoms with E-state index in [0.29, 0.717) is 13.1 Å². The van der Waals surface area contributed by atoms with Gasteiger partial charge >= 0.3 is 0 Å². The Morgan fingerprint density at radius 2 is 2.75 bits per heavy atom. The summed E-state index contributed by atoms with van der Waals surface area (Å²) in [7, 11) is 0. The van der Waals surface area contributed by atoms with Crippen molar-refractivity contribution in [3.8, 4) is 0 Å². The quantitative estimate of drug-likeness (QED) is 0.376. The number of carbonyl (C=O) groups excluding carboxylic acids is 1. The predicted molar refractivity (Wildman–Crippen MR) is 26.0 cm³/mol. The monoisotopic (exact) mass is 114 g/mol. The molecule has 0 amide bonds. The maximum absolute atomic E-state index is 9.62. The zero-order valence-electron chi connectivity index (χ0n) is 4.24. The van der Waals surface area contributed by atoms with E-state index in [1.54, 1.807) is 12.2 Å². The molecule has 0 saturated carbocycles. The van der Waals surface area contributed by atoms with Crippen molar-refractivity contribution in [1.29, 1.82) is 0 Å². The van der Waals surface area contributed by atoms with Crippen molar-refractivity contribution < 1.29 is 14.3 Å². The van der Waals surface area contributed by atoms with Crippen molar-refractivity contribution in [2.75, 3.05) is 6.61 Å². The normalized spacial score (nSPS) is 25.8. The molecule has 3 nitrogen and oxygen atoms in total. The van der Waals surface area contributed by atoms with Gasteiger partial charge in [0.15, 0.2) is 0 Å². The molecule has 0 aromatic heterocycles. The highest BCUT2D eigenvalue weighted by Gasteiger charge is 2.07. The van der Waals surface area contributed by atoms with E-state index in [2.05, 4.69) is 4.74 Å². The van der Waals surface area contributed by atoms with Crippen LogP contribution in [0.2, 0.25) is 0 Å². The second-order valence-corrected chi connectivity index (χ2v) is 1.36. The Labute approximate surface area is 46.9 Å². The molecule has 0 aliphatic carbocycles. The summed E-state index contributed by atoms with van der Waals surface area (Å²) in [5, 5.41) is 0. The van der Waals surface area contributed by atoms with Crippen LogP contribution in [0.1, 0.15) is 0 Å². The zero-order chi connectivity index (χ0) is 5.82. The second kappa shape index (κ2) is 2.47. The summed E-state index contributed by atoms with van der Waals surface area (Å²) < 4.78 is 9.24. The molecule has 0 bridgehead atoms. The summed E-state index contributed by atoms with van der Waals surface area (Å²) in [5.41, 5.74) is 0.